The molecule has 0 radical (unpaired) electrons. The first kappa shape index (κ1) is 17.0. The third-order valence-corrected chi connectivity index (χ3v) is 3.41. The van der Waals surface area contributed by atoms with Crippen molar-refractivity contribution in [3.8, 4) is 5.75 Å². The van der Waals surface area contributed by atoms with Crippen molar-refractivity contribution in [2.75, 3.05) is 13.7 Å². The van der Waals surface area contributed by atoms with Gasteiger partial charge in [-0.25, -0.2) is 0 Å². The predicted molar refractivity (Wildman–Crippen MR) is 87.4 cm³/mol. The highest BCUT2D eigenvalue weighted by Crippen LogP contribution is 2.11. The Labute approximate surface area is 135 Å². The van der Waals surface area contributed by atoms with Gasteiger partial charge in [-0.2, -0.15) is 0 Å². The number of nitrogens with one attached hydrogen (secondary N) is 1. The monoisotopic (exact) mass is 315 g/mol. The fraction of sp³-hybridized carbons (Fsp3) is 0.278. The van der Waals surface area contributed by atoms with Gasteiger partial charge in [0.25, 0.3) is 0 Å². The Bertz CT molecular complexity index is 598. The summed E-state index contributed by atoms with van der Waals surface area (Å²) in [6, 6.07) is 16.4. The van der Waals surface area contributed by atoms with Crippen LogP contribution >= 0.6 is 0 Å². The number of aliphatic carboxylic acids is 1. The van der Waals surface area contributed by atoms with Gasteiger partial charge in [0.05, 0.1) is 20.3 Å². The summed E-state index contributed by atoms with van der Waals surface area (Å²) in [6.07, 6.45) is 0. The number of hydrogen-bond donors (Lipinski definition) is 2. The Morgan fingerprint density at radius 3 is 2.39 bits per heavy atom. The zero-order valence-corrected chi connectivity index (χ0v) is 13.1. The molecule has 2 N–H and O–H groups in total. The fourth-order valence-electron chi connectivity index (χ4n) is 2.07. The van der Waals surface area contributed by atoms with E-state index in [-0.39, 0.29) is 6.61 Å². The summed E-state index contributed by atoms with van der Waals surface area (Å²) in [7, 11) is 1.61. The van der Waals surface area contributed by atoms with Gasteiger partial charge in [0.15, 0.2) is 0 Å². The van der Waals surface area contributed by atoms with Gasteiger partial charge in [-0.15, -0.1) is 0 Å². The molecule has 5 nitrogen and oxygen atoms in total. The number of carboxylic acids is 1. The van der Waals surface area contributed by atoms with Crippen LogP contribution in [-0.2, 0) is 22.7 Å². The average molecular weight is 315 g/mol. The molecule has 0 bridgehead atoms. The first-order chi connectivity index (χ1) is 11.2. The number of methoxy groups -OCH3 is 1. The van der Waals surface area contributed by atoms with E-state index in [1.54, 1.807) is 7.11 Å². The molecule has 1 atom stereocenters. The summed E-state index contributed by atoms with van der Waals surface area (Å²) in [5.41, 5.74) is 2.01. The lowest BCUT2D eigenvalue weighted by Crippen LogP contribution is -2.40. The SMILES string of the molecule is COc1ccc(CN[C@@H](COCc2ccccc2)C(=O)O)cc1. The van der Waals surface area contributed by atoms with Gasteiger partial charge in [0.1, 0.15) is 11.8 Å². The Morgan fingerprint density at radius 2 is 1.78 bits per heavy atom. The highest BCUT2D eigenvalue weighted by Gasteiger charge is 2.16. The van der Waals surface area contributed by atoms with Crippen LogP contribution in [0.5, 0.6) is 5.75 Å². The number of carbonyl (C=O) groups is 1. The first-order valence-electron chi connectivity index (χ1n) is 7.40. The van der Waals surface area contributed by atoms with Crippen molar-refractivity contribution in [3.05, 3.63) is 65.7 Å². The number of hydrogen-bond acceptors (Lipinski definition) is 4. The minimum absolute atomic E-state index is 0.111. The molecule has 0 saturated heterocycles. The summed E-state index contributed by atoms with van der Waals surface area (Å²) in [5.74, 6) is -0.152. The standard InChI is InChI=1S/C18H21NO4/c1-22-16-9-7-14(8-10-16)11-19-17(18(20)21)13-23-12-15-5-3-2-4-6-15/h2-10,17,19H,11-13H2,1H3,(H,20,21)/t17-/m0/s1. The van der Waals surface area contributed by atoms with Crippen LogP contribution in [0.2, 0.25) is 0 Å². The van der Waals surface area contributed by atoms with Crippen LogP contribution < -0.4 is 10.1 Å². The molecule has 2 rings (SSSR count). The molecular formula is C18H21NO4. The zero-order chi connectivity index (χ0) is 16.5. The van der Waals surface area contributed by atoms with E-state index in [1.807, 2.05) is 54.6 Å². The van der Waals surface area contributed by atoms with Crippen molar-refractivity contribution in [2.24, 2.45) is 0 Å². The Morgan fingerprint density at radius 1 is 1.09 bits per heavy atom. The van der Waals surface area contributed by atoms with Gasteiger partial charge in [-0.1, -0.05) is 42.5 Å². The van der Waals surface area contributed by atoms with Gasteiger partial charge in [0, 0.05) is 6.54 Å². The molecule has 0 aromatic heterocycles. The third kappa shape index (κ3) is 5.73. The maximum atomic E-state index is 11.3. The van der Waals surface area contributed by atoms with E-state index in [2.05, 4.69) is 5.32 Å². The fourth-order valence-corrected chi connectivity index (χ4v) is 2.07. The van der Waals surface area contributed by atoms with Gasteiger partial charge in [0.2, 0.25) is 0 Å². The molecule has 0 aliphatic rings. The van der Waals surface area contributed by atoms with Crippen LogP contribution in [-0.4, -0.2) is 30.8 Å². The van der Waals surface area contributed by atoms with Crippen LogP contribution in [0.25, 0.3) is 0 Å². The van der Waals surface area contributed by atoms with Crippen LogP contribution in [0.15, 0.2) is 54.6 Å². The van der Waals surface area contributed by atoms with E-state index < -0.39 is 12.0 Å². The lowest BCUT2D eigenvalue weighted by molar-refractivity contribution is -0.141. The molecule has 0 spiro atoms. The van der Waals surface area contributed by atoms with E-state index in [0.717, 1.165) is 16.9 Å². The van der Waals surface area contributed by atoms with Gasteiger partial charge in [-0.3, -0.25) is 10.1 Å². The smallest absolute Gasteiger partial charge is 0.323 e. The highest BCUT2D eigenvalue weighted by molar-refractivity contribution is 5.73. The minimum Gasteiger partial charge on any atom is -0.497 e. The summed E-state index contributed by atoms with van der Waals surface area (Å²) in [6.45, 7) is 0.963. The van der Waals surface area contributed by atoms with Crippen molar-refractivity contribution in [2.45, 2.75) is 19.2 Å². The van der Waals surface area contributed by atoms with E-state index in [0.29, 0.717) is 13.2 Å². The van der Waals surface area contributed by atoms with Crippen molar-refractivity contribution in [1.82, 2.24) is 5.32 Å². The summed E-state index contributed by atoms with van der Waals surface area (Å²) in [4.78, 5) is 11.3. The largest absolute Gasteiger partial charge is 0.497 e. The van der Waals surface area contributed by atoms with Crippen LogP contribution in [0.4, 0.5) is 0 Å². The van der Waals surface area contributed by atoms with Crippen LogP contribution in [0.3, 0.4) is 0 Å². The van der Waals surface area contributed by atoms with Gasteiger partial charge >= 0.3 is 5.97 Å². The van der Waals surface area contributed by atoms with E-state index in [4.69, 9.17) is 9.47 Å². The van der Waals surface area contributed by atoms with Crippen molar-refractivity contribution < 1.29 is 19.4 Å². The second-order valence-electron chi connectivity index (χ2n) is 5.12. The molecular weight excluding hydrogens is 294 g/mol. The number of carboxylic acid groups (broad SMARTS) is 1. The number of rotatable bonds is 9. The second kappa shape index (κ2) is 8.92. The summed E-state index contributed by atoms with van der Waals surface area (Å²) < 4.78 is 10.6. The van der Waals surface area contributed by atoms with Crippen LogP contribution in [0, 0.1) is 0 Å². The predicted octanol–water partition coefficient (Wildman–Crippen LogP) is 2.45. The summed E-state index contributed by atoms with van der Waals surface area (Å²) in [5, 5.41) is 12.3. The lowest BCUT2D eigenvalue weighted by atomic mass is 10.2. The molecule has 0 aliphatic heterocycles. The molecule has 0 unspecified atom stereocenters. The van der Waals surface area contributed by atoms with Gasteiger partial charge < -0.3 is 14.6 Å². The molecule has 2 aromatic carbocycles. The Hall–Kier alpha value is -2.37. The molecule has 0 amide bonds. The molecule has 2 aromatic rings. The quantitative estimate of drug-likeness (QED) is 0.744. The number of benzene rings is 2. The van der Waals surface area contributed by atoms with Crippen molar-refractivity contribution in [3.63, 3.8) is 0 Å². The topological polar surface area (TPSA) is 67.8 Å². The first-order valence-corrected chi connectivity index (χ1v) is 7.40. The zero-order valence-electron chi connectivity index (χ0n) is 13.1. The molecule has 0 saturated carbocycles. The Balaban J connectivity index is 1.80. The van der Waals surface area contributed by atoms with E-state index >= 15 is 0 Å². The van der Waals surface area contributed by atoms with Crippen LogP contribution in [0.1, 0.15) is 11.1 Å². The number of ether oxygens (including phenoxy) is 2. The maximum absolute atomic E-state index is 11.3. The normalized spacial score (nSPS) is 11.9. The van der Waals surface area contributed by atoms with Gasteiger partial charge in [-0.05, 0) is 23.3 Å². The van der Waals surface area contributed by atoms with E-state index in [9.17, 15) is 9.90 Å². The minimum atomic E-state index is -0.924. The molecule has 0 heterocycles. The van der Waals surface area contributed by atoms with Crippen molar-refractivity contribution >= 4 is 5.97 Å². The van der Waals surface area contributed by atoms with E-state index in [1.165, 1.54) is 0 Å². The highest BCUT2D eigenvalue weighted by atomic mass is 16.5. The lowest BCUT2D eigenvalue weighted by Gasteiger charge is -2.15. The molecule has 0 fully saturated rings. The Kier molecular flexibility index (Phi) is 6.59. The maximum Gasteiger partial charge on any atom is 0.323 e. The third-order valence-electron chi connectivity index (χ3n) is 3.41. The molecule has 5 heteroatoms. The molecule has 23 heavy (non-hydrogen) atoms. The average Bonchev–Trinajstić information content (AvgIpc) is 2.59. The molecule has 122 valence electrons. The van der Waals surface area contributed by atoms with Crippen molar-refractivity contribution in [1.29, 1.82) is 0 Å². The summed E-state index contributed by atoms with van der Waals surface area (Å²) >= 11 is 0. The second-order valence-corrected chi connectivity index (χ2v) is 5.12. The molecule has 0 aliphatic carbocycles.